The van der Waals surface area contributed by atoms with Crippen LogP contribution in [-0.2, 0) is 9.59 Å². The number of para-hydroxylation sites is 2. The second-order valence-corrected chi connectivity index (χ2v) is 7.86. The molecule has 0 unspecified atom stereocenters. The number of methoxy groups -OCH3 is 1. The molecule has 0 radical (unpaired) electrons. The Morgan fingerprint density at radius 3 is 2.50 bits per heavy atom. The van der Waals surface area contributed by atoms with Crippen LogP contribution in [0, 0.1) is 0 Å². The van der Waals surface area contributed by atoms with Crippen molar-refractivity contribution in [2.45, 2.75) is 13.3 Å². The summed E-state index contributed by atoms with van der Waals surface area (Å²) in [4.78, 5) is 42.7. The molecule has 1 saturated heterocycles. The second kappa shape index (κ2) is 9.30. The molecule has 8 nitrogen and oxygen atoms in total. The number of Topliss-reactive ketones (excluding diaryl/α,β-unsaturated/α-hetero) is 1. The number of benzene rings is 2. The largest absolute Gasteiger partial charge is 0.495 e. The summed E-state index contributed by atoms with van der Waals surface area (Å²) in [6, 6.07) is 12.9. The number of hydrogen-bond donors (Lipinski definition) is 0. The average Bonchev–Trinajstić information content (AvgIpc) is 2.83. The van der Waals surface area contributed by atoms with Crippen LogP contribution < -0.4 is 19.3 Å². The molecule has 0 aromatic heterocycles. The lowest BCUT2D eigenvalue weighted by Crippen LogP contribution is -2.49. The number of nitrogens with zero attached hydrogens (tertiary/aromatic N) is 3. The predicted octanol–water partition coefficient (Wildman–Crippen LogP) is 2.36. The van der Waals surface area contributed by atoms with Crippen molar-refractivity contribution in [3.8, 4) is 11.5 Å². The number of ketones is 1. The van der Waals surface area contributed by atoms with Gasteiger partial charge in [-0.15, -0.1) is 0 Å². The van der Waals surface area contributed by atoms with Crippen LogP contribution in [0.15, 0.2) is 42.5 Å². The Morgan fingerprint density at radius 2 is 1.78 bits per heavy atom. The van der Waals surface area contributed by atoms with Gasteiger partial charge in [-0.2, -0.15) is 0 Å². The van der Waals surface area contributed by atoms with E-state index in [2.05, 4.69) is 4.90 Å². The van der Waals surface area contributed by atoms with Crippen molar-refractivity contribution in [1.29, 1.82) is 0 Å². The standard InChI is InChI=1S/C24H27N3O5/c1-17(28)18-7-8-22-20(15-18)27(24(30)16-32-22)10-9-23(29)26-13-11-25(12-14-26)19-5-3-4-6-21(19)31-2/h3-8,15H,9-14,16H2,1-2H3. The van der Waals surface area contributed by atoms with Gasteiger partial charge in [0.2, 0.25) is 5.91 Å². The van der Waals surface area contributed by atoms with E-state index in [1.54, 1.807) is 30.2 Å². The Kier molecular flexibility index (Phi) is 6.30. The van der Waals surface area contributed by atoms with Gasteiger partial charge in [-0.25, -0.2) is 0 Å². The third-order valence-corrected chi connectivity index (χ3v) is 5.92. The quantitative estimate of drug-likeness (QED) is 0.646. The zero-order valence-corrected chi connectivity index (χ0v) is 18.4. The van der Waals surface area contributed by atoms with Gasteiger partial charge >= 0.3 is 0 Å². The van der Waals surface area contributed by atoms with Gasteiger partial charge in [-0.05, 0) is 37.3 Å². The highest BCUT2D eigenvalue weighted by Gasteiger charge is 2.28. The number of piperazine rings is 1. The Morgan fingerprint density at radius 1 is 1.03 bits per heavy atom. The van der Waals surface area contributed by atoms with Crippen molar-refractivity contribution in [2.24, 2.45) is 0 Å². The minimum atomic E-state index is -0.216. The summed E-state index contributed by atoms with van der Waals surface area (Å²) in [6.07, 6.45) is 0.212. The van der Waals surface area contributed by atoms with Crippen molar-refractivity contribution >= 4 is 29.0 Å². The van der Waals surface area contributed by atoms with Crippen LogP contribution in [0.5, 0.6) is 11.5 Å². The average molecular weight is 437 g/mol. The number of carbonyl (C=O) groups is 3. The summed E-state index contributed by atoms with van der Waals surface area (Å²) in [5.41, 5.74) is 2.08. The third-order valence-electron chi connectivity index (χ3n) is 5.92. The van der Waals surface area contributed by atoms with Crippen LogP contribution in [0.25, 0.3) is 0 Å². The topological polar surface area (TPSA) is 79.4 Å². The van der Waals surface area contributed by atoms with Crippen LogP contribution in [0.2, 0.25) is 0 Å². The SMILES string of the molecule is COc1ccccc1N1CCN(C(=O)CCN2C(=O)COc3ccc(C(C)=O)cc32)CC1. The Labute approximate surface area is 187 Å². The molecule has 1 fully saturated rings. The highest BCUT2D eigenvalue weighted by Crippen LogP contribution is 2.33. The van der Waals surface area contributed by atoms with E-state index in [0.29, 0.717) is 43.2 Å². The lowest BCUT2D eigenvalue weighted by molar-refractivity contribution is -0.131. The monoisotopic (exact) mass is 437 g/mol. The number of rotatable bonds is 6. The van der Waals surface area contributed by atoms with Crippen molar-refractivity contribution < 1.29 is 23.9 Å². The minimum absolute atomic E-state index is 0.00763. The Bertz CT molecular complexity index is 1030. The maximum absolute atomic E-state index is 12.9. The molecule has 168 valence electrons. The van der Waals surface area contributed by atoms with Crippen molar-refractivity contribution in [1.82, 2.24) is 4.90 Å². The molecule has 2 aliphatic heterocycles. The predicted molar refractivity (Wildman–Crippen MR) is 121 cm³/mol. The van der Waals surface area contributed by atoms with E-state index in [1.807, 2.05) is 29.2 Å². The molecule has 2 aliphatic rings. The molecule has 32 heavy (non-hydrogen) atoms. The molecule has 0 aliphatic carbocycles. The Balaban J connectivity index is 1.37. The van der Waals surface area contributed by atoms with Crippen LogP contribution in [0.1, 0.15) is 23.7 Å². The van der Waals surface area contributed by atoms with Gasteiger partial charge in [0.15, 0.2) is 12.4 Å². The molecule has 2 amide bonds. The van der Waals surface area contributed by atoms with Crippen LogP contribution in [0.4, 0.5) is 11.4 Å². The van der Waals surface area contributed by atoms with E-state index in [-0.39, 0.29) is 37.2 Å². The van der Waals surface area contributed by atoms with E-state index in [4.69, 9.17) is 9.47 Å². The number of ether oxygens (including phenoxy) is 2. The summed E-state index contributed by atoms with van der Waals surface area (Å²) in [5, 5.41) is 0. The summed E-state index contributed by atoms with van der Waals surface area (Å²) in [5.74, 6) is 1.07. The molecular weight excluding hydrogens is 410 g/mol. The van der Waals surface area contributed by atoms with Gasteiger partial charge in [0, 0.05) is 44.7 Å². The number of anilines is 2. The Hall–Kier alpha value is -3.55. The molecule has 0 bridgehead atoms. The fourth-order valence-electron chi connectivity index (χ4n) is 4.12. The van der Waals surface area contributed by atoms with Gasteiger partial charge < -0.3 is 24.2 Å². The molecular formula is C24H27N3O5. The lowest BCUT2D eigenvalue weighted by atomic mass is 10.1. The first-order valence-corrected chi connectivity index (χ1v) is 10.7. The summed E-state index contributed by atoms with van der Waals surface area (Å²) in [6.45, 7) is 4.31. The van der Waals surface area contributed by atoms with Crippen molar-refractivity contribution in [3.05, 3.63) is 48.0 Å². The molecule has 2 aromatic carbocycles. The minimum Gasteiger partial charge on any atom is -0.495 e. The van der Waals surface area contributed by atoms with Gasteiger partial charge in [0.1, 0.15) is 11.5 Å². The fraction of sp³-hybridized carbons (Fsp3) is 0.375. The maximum Gasteiger partial charge on any atom is 0.265 e. The molecule has 4 rings (SSSR count). The second-order valence-electron chi connectivity index (χ2n) is 7.86. The van der Waals surface area contributed by atoms with Gasteiger partial charge in [-0.1, -0.05) is 12.1 Å². The first-order valence-electron chi connectivity index (χ1n) is 10.7. The molecule has 0 N–H and O–H groups in total. The summed E-state index contributed by atoms with van der Waals surface area (Å²) >= 11 is 0. The van der Waals surface area contributed by atoms with Crippen LogP contribution in [0.3, 0.4) is 0 Å². The number of amides is 2. The first kappa shape index (κ1) is 21.7. The highest BCUT2D eigenvalue weighted by atomic mass is 16.5. The molecule has 2 aromatic rings. The third kappa shape index (κ3) is 4.39. The number of carbonyl (C=O) groups excluding carboxylic acids is 3. The lowest BCUT2D eigenvalue weighted by Gasteiger charge is -2.37. The molecule has 0 saturated carbocycles. The van der Waals surface area contributed by atoms with Gasteiger partial charge in [0.05, 0.1) is 18.5 Å². The van der Waals surface area contributed by atoms with Crippen molar-refractivity contribution in [3.63, 3.8) is 0 Å². The fourth-order valence-corrected chi connectivity index (χ4v) is 4.12. The number of hydrogen-bond acceptors (Lipinski definition) is 6. The van der Waals surface area contributed by atoms with Crippen molar-refractivity contribution in [2.75, 3.05) is 56.2 Å². The summed E-state index contributed by atoms with van der Waals surface area (Å²) < 4.78 is 10.9. The van der Waals surface area contributed by atoms with Crippen LogP contribution >= 0.6 is 0 Å². The zero-order valence-electron chi connectivity index (χ0n) is 18.4. The smallest absolute Gasteiger partial charge is 0.265 e. The van der Waals surface area contributed by atoms with E-state index < -0.39 is 0 Å². The highest BCUT2D eigenvalue weighted by molar-refractivity contribution is 6.01. The molecule has 2 heterocycles. The molecule has 8 heteroatoms. The van der Waals surface area contributed by atoms with Crippen LogP contribution in [-0.4, -0.2) is 68.9 Å². The van der Waals surface area contributed by atoms with E-state index in [1.165, 1.54) is 6.92 Å². The van der Waals surface area contributed by atoms with Gasteiger partial charge in [-0.3, -0.25) is 14.4 Å². The van der Waals surface area contributed by atoms with E-state index >= 15 is 0 Å². The van der Waals surface area contributed by atoms with E-state index in [0.717, 1.165) is 11.4 Å². The summed E-state index contributed by atoms with van der Waals surface area (Å²) in [7, 11) is 1.66. The first-order chi connectivity index (χ1) is 15.5. The number of fused-ring (bicyclic) bond motifs is 1. The normalized spacial score (nSPS) is 15.8. The van der Waals surface area contributed by atoms with Gasteiger partial charge in [0.25, 0.3) is 5.91 Å². The maximum atomic E-state index is 12.9. The molecule has 0 atom stereocenters. The zero-order chi connectivity index (χ0) is 22.7. The molecule has 0 spiro atoms. The van der Waals surface area contributed by atoms with E-state index in [9.17, 15) is 14.4 Å².